The predicted octanol–water partition coefficient (Wildman–Crippen LogP) is 6.93. The number of allylic oxidation sites excluding steroid dienone is 2. The smallest absolute Gasteiger partial charge is 0.253 e. The van der Waals surface area contributed by atoms with E-state index in [0.29, 0.717) is 32.3 Å². The summed E-state index contributed by atoms with van der Waals surface area (Å²) in [5.74, 6) is 1.10. The molecule has 2 fully saturated rings. The molecule has 2 heterocycles. The summed E-state index contributed by atoms with van der Waals surface area (Å²) in [6, 6.07) is 6.46. The molecule has 3 aliphatic rings. The Hall–Kier alpha value is -2.44. The molecule has 0 spiro atoms. The first-order valence-electron chi connectivity index (χ1n) is 15.9. The third kappa shape index (κ3) is 11.2. The minimum atomic E-state index is 0.114. The van der Waals surface area contributed by atoms with Crippen LogP contribution in [-0.2, 0) is 4.79 Å². The van der Waals surface area contributed by atoms with E-state index in [4.69, 9.17) is 4.74 Å². The molecule has 1 aromatic rings. The number of nitrogens with zero attached hydrogens (tertiary/aromatic N) is 3. The summed E-state index contributed by atoms with van der Waals surface area (Å²) in [5, 5.41) is 0. The topological polar surface area (TPSA) is 53.1 Å². The van der Waals surface area contributed by atoms with Crippen molar-refractivity contribution in [1.82, 2.24) is 14.7 Å². The summed E-state index contributed by atoms with van der Waals surface area (Å²) in [7, 11) is 0. The van der Waals surface area contributed by atoms with E-state index >= 15 is 0 Å². The Bertz CT molecular complexity index is 932. The number of rotatable bonds is 9. The van der Waals surface area contributed by atoms with Crippen LogP contribution in [-0.4, -0.2) is 84.9 Å². The third-order valence-corrected chi connectivity index (χ3v) is 7.30. The van der Waals surface area contributed by atoms with Gasteiger partial charge >= 0.3 is 0 Å². The zero-order valence-corrected chi connectivity index (χ0v) is 26.8. The summed E-state index contributed by atoms with van der Waals surface area (Å²) in [4.78, 5) is 32.1. The van der Waals surface area contributed by atoms with Crippen molar-refractivity contribution in [3.05, 3.63) is 53.1 Å². The van der Waals surface area contributed by atoms with Crippen LogP contribution >= 0.6 is 0 Å². The number of carbonyl (C=O) groups is 2. The number of ether oxygens (including phenoxy) is 1. The van der Waals surface area contributed by atoms with Crippen molar-refractivity contribution in [1.29, 1.82) is 0 Å². The number of hydrogen-bond donors (Lipinski definition) is 0. The second kappa shape index (κ2) is 20.4. The summed E-state index contributed by atoms with van der Waals surface area (Å²) >= 11 is 0. The minimum Gasteiger partial charge on any atom is -0.493 e. The standard InChI is InChI=1S/C28H39N3O3.3C2H6/c1-22-20-25(11-12-27(22)34-19-7-14-30-13-6-8-23(30)2)26(32)21-29-15-17-31(18-16-29)28(33)24-9-4-3-5-10-24;3*1-2/h4,9-12,20,23H,3,5-8,13-19,21H2,1-2H3;3*1-2H3/t23-;;;/m1.../s1. The van der Waals surface area contributed by atoms with Crippen molar-refractivity contribution in [2.24, 2.45) is 0 Å². The molecule has 0 saturated carbocycles. The molecule has 2 aliphatic heterocycles. The first-order chi connectivity index (χ1) is 19.5. The third-order valence-electron chi connectivity index (χ3n) is 7.30. The normalized spacial score (nSPS) is 18.8. The van der Waals surface area contributed by atoms with Crippen LogP contribution in [0.25, 0.3) is 0 Å². The largest absolute Gasteiger partial charge is 0.493 e. The van der Waals surface area contributed by atoms with Gasteiger partial charge in [0.15, 0.2) is 5.78 Å². The molecule has 1 aromatic carbocycles. The van der Waals surface area contributed by atoms with Crippen molar-refractivity contribution in [3.8, 4) is 5.75 Å². The summed E-state index contributed by atoms with van der Waals surface area (Å²) < 4.78 is 6.01. The second-order valence-electron chi connectivity index (χ2n) is 9.84. The number of piperazine rings is 1. The highest BCUT2D eigenvalue weighted by atomic mass is 16.5. The maximum absolute atomic E-state index is 12.9. The zero-order chi connectivity index (χ0) is 29.9. The fraction of sp³-hybridized carbons (Fsp3) is 0.647. The van der Waals surface area contributed by atoms with Gasteiger partial charge in [0.1, 0.15) is 5.75 Å². The number of ketones is 1. The number of Topliss-reactive ketones (excluding diaryl/α,β-unsaturated/α-hetero) is 1. The van der Waals surface area contributed by atoms with Gasteiger partial charge in [-0.1, -0.05) is 59.8 Å². The van der Waals surface area contributed by atoms with E-state index in [2.05, 4.69) is 22.8 Å². The van der Waals surface area contributed by atoms with Crippen LogP contribution in [0.2, 0.25) is 0 Å². The lowest BCUT2D eigenvalue weighted by molar-refractivity contribution is -0.128. The van der Waals surface area contributed by atoms with Crippen molar-refractivity contribution in [2.45, 2.75) is 93.5 Å². The highest BCUT2D eigenvalue weighted by Crippen LogP contribution is 2.21. The Kier molecular flexibility index (Phi) is 18.2. The molecule has 2 saturated heterocycles. The van der Waals surface area contributed by atoms with Gasteiger partial charge < -0.3 is 14.5 Å². The summed E-state index contributed by atoms with van der Waals surface area (Å²) in [6.07, 6.45) is 11.6. The molecule has 0 unspecified atom stereocenters. The number of carbonyl (C=O) groups excluding carboxylic acids is 2. The fourth-order valence-electron chi connectivity index (χ4n) is 5.12. The van der Waals surface area contributed by atoms with Gasteiger partial charge in [-0.2, -0.15) is 0 Å². The molecule has 0 aromatic heterocycles. The summed E-state index contributed by atoms with van der Waals surface area (Å²) in [6.45, 7) is 22.5. The van der Waals surface area contributed by atoms with Gasteiger partial charge in [-0.05, 0) is 76.3 Å². The lowest BCUT2D eigenvalue weighted by Gasteiger charge is -2.34. The molecule has 6 nitrogen and oxygen atoms in total. The minimum absolute atomic E-state index is 0.114. The van der Waals surface area contributed by atoms with Crippen LogP contribution < -0.4 is 4.74 Å². The molecule has 1 aliphatic carbocycles. The van der Waals surface area contributed by atoms with Crippen LogP contribution in [0.4, 0.5) is 0 Å². The number of benzene rings is 1. The van der Waals surface area contributed by atoms with Gasteiger partial charge in [0.25, 0.3) is 5.91 Å². The Morgan fingerprint density at radius 2 is 1.65 bits per heavy atom. The van der Waals surface area contributed by atoms with E-state index in [1.165, 1.54) is 19.4 Å². The molecule has 1 amide bonds. The molecule has 6 heteroatoms. The van der Waals surface area contributed by atoms with Gasteiger partial charge in [0.05, 0.1) is 13.2 Å². The van der Waals surface area contributed by atoms with Crippen LogP contribution in [0, 0.1) is 6.92 Å². The SMILES string of the molecule is CC.CC.CC.Cc1cc(C(=O)CN2CCN(C(=O)C3=CCCC=C3)CC2)ccc1OCCCN1CCC[C@H]1C. The first-order valence-corrected chi connectivity index (χ1v) is 15.9. The molecule has 0 radical (unpaired) electrons. The van der Waals surface area contributed by atoms with Gasteiger partial charge in [-0.25, -0.2) is 0 Å². The highest BCUT2D eigenvalue weighted by molar-refractivity contribution is 5.98. The van der Waals surface area contributed by atoms with E-state index in [1.807, 2.05) is 83.7 Å². The van der Waals surface area contributed by atoms with Crippen LogP contribution in [0.3, 0.4) is 0 Å². The van der Waals surface area contributed by atoms with Crippen LogP contribution in [0.15, 0.2) is 42.0 Å². The molecule has 226 valence electrons. The summed E-state index contributed by atoms with van der Waals surface area (Å²) in [5.41, 5.74) is 2.54. The van der Waals surface area contributed by atoms with E-state index in [9.17, 15) is 9.59 Å². The fourth-order valence-corrected chi connectivity index (χ4v) is 5.12. The molecule has 4 rings (SSSR count). The first kappa shape index (κ1) is 35.6. The maximum atomic E-state index is 12.9. The van der Waals surface area contributed by atoms with Gasteiger partial charge in [-0.15, -0.1) is 0 Å². The number of amides is 1. The monoisotopic (exact) mass is 555 g/mol. The molecule has 0 bridgehead atoms. The average Bonchev–Trinajstić information content (AvgIpc) is 3.43. The van der Waals surface area contributed by atoms with Crippen molar-refractivity contribution >= 4 is 11.7 Å². The van der Waals surface area contributed by atoms with Gasteiger partial charge in [-0.3, -0.25) is 14.5 Å². The molecule has 0 N–H and O–H groups in total. The van der Waals surface area contributed by atoms with Crippen molar-refractivity contribution < 1.29 is 14.3 Å². The number of likely N-dealkylation sites (tertiary alicyclic amines) is 1. The van der Waals surface area contributed by atoms with Gasteiger partial charge in [0, 0.05) is 49.9 Å². The average molecular weight is 556 g/mol. The van der Waals surface area contributed by atoms with Gasteiger partial charge in [0.2, 0.25) is 0 Å². The van der Waals surface area contributed by atoms with Crippen molar-refractivity contribution in [3.63, 3.8) is 0 Å². The Morgan fingerprint density at radius 1 is 0.950 bits per heavy atom. The van der Waals surface area contributed by atoms with E-state index in [-0.39, 0.29) is 11.7 Å². The Balaban J connectivity index is 0.00000125. The maximum Gasteiger partial charge on any atom is 0.253 e. The molecular formula is C34H57N3O3. The molecular weight excluding hydrogens is 498 g/mol. The lowest BCUT2D eigenvalue weighted by Crippen LogP contribution is -2.50. The quantitative estimate of drug-likeness (QED) is 0.244. The van der Waals surface area contributed by atoms with E-state index in [1.54, 1.807) is 0 Å². The Labute approximate surface area is 245 Å². The van der Waals surface area contributed by atoms with E-state index < -0.39 is 0 Å². The molecule has 1 atom stereocenters. The van der Waals surface area contributed by atoms with Crippen molar-refractivity contribution in [2.75, 3.05) is 52.4 Å². The van der Waals surface area contributed by atoms with E-state index in [0.717, 1.165) is 61.3 Å². The number of hydrogen-bond acceptors (Lipinski definition) is 5. The zero-order valence-electron chi connectivity index (χ0n) is 26.8. The Morgan fingerprint density at radius 3 is 2.23 bits per heavy atom. The predicted molar refractivity (Wildman–Crippen MR) is 169 cm³/mol. The van der Waals surface area contributed by atoms with Crippen LogP contribution in [0.5, 0.6) is 5.75 Å². The lowest BCUT2D eigenvalue weighted by atomic mass is 10.1. The second-order valence-corrected chi connectivity index (χ2v) is 9.84. The van der Waals surface area contributed by atoms with Crippen LogP contribution in [0.1, 0.15) is 96.5 Å². The highest BCUT2D eigenvalue weighted by Gasteiger charge is 2.24. The number of aryl methyl sites for hydroxylation is 1. The molecule has 40 heavy (non-hydrogen) atoms.